The van der Waals surface area contributed by atoms with Crippen LogP contribution in [0.1, 0.15) is 29.6 Å². The number of halogens is 1. The second-order valence-corrected chi connectivity index (χ2v) is 6.00. The Kier molecular flexibility index (Phi) is 3.83. The van der Waals surface area contributed by atoms with Crippen LogP contribution in [0.25, 0.3) is 0 Å². The first-order valence-corrected chi connectivity index (χ1v) is 7.62. The lowest BCUT2D eigenvalue weighted by atomic mass is 10.2. The van der Waals surface area contributed by atoms with Gasteiger partial charge in [-0.15, -0.1) is 11.3 Å². The largest absolute Gasteiger partial charge is 0.323 e. The standard InChI is InChI=1S/C14H15FN4OS/c1-9-17-11(8-21-9)12-3-2-6-19(12)14(20)18-13-5-4-10(15)7-16-13/h4-5,7-8,12H,2-3,6H2,1H3,(H,16,18,20). The second-order valence-electron chi connectivity index (χ2n) is 4.93. The Hall–Kier alpha value is -2.02. The highest BCUT2D eigenvalue weighted by Gasteiger charge is 2.31. The molecule has 1 N–H and O–H groups in total. The van der Waals surface area contributed by atoms with Crippen LogP contribution < -0.4 is 5.32 Å². The zero-order valence-corrected chi connectivity index (χ0v) is 12.4. The fourth-order valence-corrected chi connectivity index (χ4v) is 3.14. The van der Waals surface area contributed by atoms with Crippen LogP contribution in [0.4, 0.5) is 15.0 Å². The molecule has 0 aromatic carbocycles. The smallest absolute Gasteiger partial charge is 0.316 e. The van der Waals surface area contributed by atoms with Gasteiger partial charge in [-0.05, 0) is 31.9 Å². The molecule has 1 atom stereocenters. The van der Waals surface area contributed by atoms with Gasteiger partial charge in [-0.3, -0.25) is 5.32 Å². The molecule has 0 bridgehead atoms. The Morgan fingerprint density at radius 1 is 1.52 bits per heavy atom. The third-order valence-corrected chi connectivity index (χ3v) is 4.25. The number of carbonyl (C=O) groups excluding carboxylic acids is 1. The highest BCUT2D eigenvalue weighted by atomic mass is 32.1. The zero-order chi connectivity index (χ0) is 14.8. The molecule has 0 radical (unpaired) electrons. The van der Waals surface area contributed by atoms with Crippen molar-refractivity contribution in [2.24, 2.45) is 0 Å². The maximum absolute atomic E-state index is 12.8. The van der Waals surface area contributed by atoms with Crippen molar-refractivity contribution in [1.82, 2.24) is 14.9 Å². The summed E-state index contributed by atoms with van der Waals surface area (Å²) < 4.78 is 12.8. The summed E-state index contributed by atoms with van der Waals surface area (Å²) in [6.07, 6.45) is 2.94. The van der Waals surface area contributed by atoms with E-state index in [1.54, 1.807) is 16.2 Å². The third kappa shape index (κ3) is 3.02. The lowest BCUT2D eigenvalue weighted by molar-refractivity contribution is 0.206. The first-order valence-electron chi connectivity index (χ1n) is 6.74. The number of hydrogen-bond acceptors (Lipinski definition) is 4. The van der Waals surface area contributed by atoms with Crippen LogP contribution in [0.2, 0.25) is 0 Å². The van der Waals surface area contributed by atoms with E-state index >= 15 is 0 Å². The van der Waals surface area contributed by atoms with Crippen LogP contribution in [0, 0.1) is 12.7 Å². The lowest BCUT2D eigenvalue weighted by Gasteiger charge is -2.23. The van der Waals surface area contributed by atoms with E-state index in [1.807, 2.05) is 12.3 Å². The minimum atomic E-state index is -0.426. The number of aryl methyl sites for hydroxylation is 1. The Morgan fingerprint density at radius 3 is 3.05 bits per heavy atom. The fraction of sp³-hybridized carbons (Fsp3) is 0.357. The van der Waals surface area contributed by atoms with Crippen LogP contribution in [-0.2, 0) is 0 Å². The summed E-state index contributed by atoms with van der Waals surface area (Å²) in [6, 6.07) is 2.51. The molecule has 21 heavy (non-hydrogen) atoms. The topological polar surface area (TPSA) is 58.1 Å². The fourth-order valence-electron chi connectivity index (χ4n) is 2.48. The molecule has 0 aliphatic carbocycles. The Balaban J connectivity index is 1.72. The second kappa shape index (κ2) is 5.77. The highest BCUT2D eigenvalue weighted by Crippen LogP contribution is 2.32. The van der Waals surface area contributed by atoms with E-state index in [0.29, 0.717) is 12.4 Å². The van der Waals surface area contributed by atoms with Crippen LogP contribution in [-0.4, -0.2) is 27.4 Å². The molecule has 0 spiro atoms. The summed E-state index contributed by atoms with van der Waals surface area (Å²) in [7, 11) is 0. The predicted octanol–water partition coefficient (Wildman–Crippen LogP) is 3.35. The number of pyridine rings is 1. The molecule has 3 rings (SSSR count). The van der Waals surface area contributed by atoms with Crippen molar-refractivity contribution < 1.29 is 9.18 Å². The monoisotopic (exact) mass is 306 g/mol. The summed E-state index contributed by atoms with van der Waals surface area (Å²) in [6.45, 7) is 2.64. The Bertz CT molecular complexity index is 643. The van der Waals surface area contributed by atoms with Crippen LogP contribution in [0.5, 0.6) is 0 Å². The van der Waals surface area contributed by atoms with E-state index < -0.39 is 5.82 Å². The molecule has 5 nitrogen and oxygen atoms in total. The number of anilines is 1. The molecule has 2 aromatic heterocycles. The molecular formula is C14H15FN4OS. The summed E-state index contributed by atoms with van der Waals surface area (Å²) in [5.41, 5.74) is 0.942. The first-order chi connectivity index (χ1) is 10.1. The molecule has 0 saturated carbocycles. The number of nitrogens with one attached hydrogen (secondary N) is 1. The van der Waals surface area contributed by atoms with E-state index in [0.717, 1.165) is 29.7 Å². The minimum absolute atomic E-state index is 0.00963. The van der Waals surface area contributed by atoms with Gasteiger partial charge in [0.1, 0.15) is 11.6 Å². The van der Waals surface area contributed by atoms with Crippen molar-refractivity contribution in [3.8, 4) is 0 Å². The number of aromatic nitrogens is 2. The van der Waals surface area contributed by atoms with Crippen molar-refractivity contribution in [3.63, 3.8) is 0 Å². The number of nitrogens with zero attached hydrogens (tertiary/aromatic N) is 3. The molecule has 1 unspecified atom stereocenters. The van der Waals surface area contributed by atoms with E-state index in [1.165, 1.54) is 12.1 Å². The number of thiazole rings is 1. The average Bonchev–Trinajstić information content (AvgIpc) is 3.09. The third-order valence-electron chi connectivity index (χ3n) is 3.45. The molecule has 110 valence electrons. The van der Waals surface area contributed by atoms with Crippen molar-refractivity contribution in [3.05, 3.63) is 40.2 Å². The van der Waals surface area contributed by atoms with Gasteiger partial charge in [0.15, 0.2) is 0 Å². The van der Waals surface area contributed by atoms with Gasteiger partial charge in [-0.25, -0.2) is 19.2 Å². The molecule has 1 aliphatic rings. The van der Waals surface area contributed by atoms with Crippen molar-refractivity contribution in [2.75, 3.05) is 11.9 Å². The molecule has 2 aromatic rings. The molecule has 2 amide bonds. The molecule has 1 fully saturated rings. The first kappa shape index (κ1) is 13.9. The van der Waals surface area contributed by atoms with E-state index in [2.05, 4.69) is 15.3 Å². The minimum Gasteiger partial charge on any atom is -0.316 e. The Morgan fingerprint density at radius 2 is 2.38 bits per heavy atom. The van der Waals surface area contributed by atoms with E-state index in [-0.39, 0.29) is 12.1 Å². The van der Waals surface area contributed by atoms with Gasteiger partial charge in [0.2, 0.25) is 0 Å². The van der Waals surface area contributed by atoms with E-state index in [4.69, 9.17) is 0 Å². The molecular weight excluding hydrogens is 291 g/mol. The van der Waals surface area contributed by atoms with Crippen LogP contribution in [0.3, 0.4) is 0 Å². The normalized spacial score (nSPS) is 18.0. The van der Waals surface area contributed by atoms with Crippen molar-refractivity contribution in [2.45, 2.75) is 25.8 Å². The molecule has 1 saturated heterocycles. The number of amides is 2. The molecule has 7 heteroatoms. The average molecular weight is 306 g/mol. The predicted molar refractivity (Wildman–Crippen MR) is 78.7 cm³/mol. The number of carbonyl (C=O) groups is 1. The van der Waals surface area contributed by atoms with Crippen LogP contribution in [0.15, 0.2) is 23.7 Å². The summed E-state index contributed by atoms with van der Waals surface area (Å²) in [5.74, 6) is -0.0773. The SMILES string of the molecule is Cc1nc(C2CCCN2C(=O)Nc2ccc(F)cn2)cs1. The summed E-state index contributed by atoms with van der Waals surface area (Å²) >= 11 is 1.59. The quantitative estimate of drug-likeness (QED) is 0.925. The highest BCUT2D eigenvalue weighted by molar-refractivity contribution is 7.09. The maximum Gasteiger partial charge on any atom is 0.323 e. The van der Waals surface area contributed by atoms with Gasteiger partial charge in [0.25, 0.3) is 0 Å². The van der Waals surface area contributed by atoms with Gasteiger partial charge in [-0.1, -0.05) is 0 Å². The van der Waals surface area contributed by atoms with Gasteiger partial charge in [0, 0.05) is 11.9 Å². The van der Waals surface area contributed by atoms with Gasteiger partial charge in [-0.2, -0.15) is 0 Å². The van der Waals surface area contributed by atoms with Gasteiger partial charge >= 0.3 is 6.03 Å². The molecule has 3 heterocycles. The zero-order valence-electron chi connectivity index (χ0n) is 11.5. The summed E-state index contributed by atoms with van der Waals surface area (Å²) in [4.78, 5) is 22.4. The van der Waals surface area contributed by atoms with Crippen molar-refractivity contribution in [1.29, 1.82) is 0 Å². The van der Waals surface area contributed by atoms with Crippen LogP contribution >= 0.6 is 11.3 Å². The lowest BCUT2D eigenvalue weighted by Crippen LogP contribution is -2.34. The van der Waals surface area contributed by atoms with Gasteiger partial charge in [0.05, 0.1) is 22.9 Å². The van der Waals surface area contributed by atoms with E-state index in [9.17, 15) is 9.18 Å². The number of hydrogen-bond donors (Lipinski definition) is 1. The number of likely N-dealkylation sites (tertiary alicyclic amines) is 1. The number of urea groups is 1. The number of rotatable bonds is 2. The van der Waals surface area contributed by atoms with Crippen molar-refractivity contribution >= 4 is 23.2 Å². The molecule has 1 aliphatic heterocycles. The summed E-state index contributed by atoms with van der Waals surface area (Å²) in [5, 5.41) is 5.70. The van der Waals surface area contributed by atoms with Gasteiger partial charge < -0.3 is 4.90 Å². The maximum atomic E-state index is 12.8. The Labute approximate surface area is 125 Å².